The average Bonchev–Trinajstić information content (AvgIpc) is 3.41. The number of nitrogens with one attached hydrogen (secondary N) is 1. The molecule has 0 aliphatic carbocycles. The Hall–Kier alpha value is -4.69. The molecule has 0 saturated carbocycles. The predicted octanol–water partition coefficient (Wildman–Crippen LogP) is 6.14. The van der Waals surface area contributed by atoms with Crippen molar-refractivity contribution in [1.29, 1.82) is 0 Å². The van der Waals surface area contributed by atoms with Crippen LogP contribution >= 0.6 is 0 Å². The van der Waals surface area contributed by atoms with Crippen LogP contribution in [-0.2, 0) is 17.7 Å². The maximum Gasteiger partial charge on any atom is 0.334 e. The van der Waals surface area contributed by atoms with E-state index in [4.69, 9.17) is 14.2 Å². The summed E-state index contributed by atoms with van der Waals surface area (Å²) in [7, 11) is 2.51. The lowest BCUT2D eigenvalue weighted by molar-refractivity contribution is 0.140. The number of carbonyl (C=O) groups excluding carboxylic acids is 1. The smallest absolute Gasteiger partial charge is 0.334 e. The minimum atomic E-state index is -1.02. The van der Waals surface area contributed by atoms with Gasteiger partial charge in [0.25, 0.3) is 0 Å². The van der Waals surface area contributed by atoms with E-state index in [1.54, 1.807) is 18.3 Å². The molecular formula is C30H31F2N5O4. The monoisotopic (exact) mass is 563 g/mol. The first-order valence-electron chi connectivity index (χ1n) is 13.1. The number of pyridine rings is 2. The molecule has 5 rings (SSSR count). The number of H-pyrrole nitrogens is 1. The lowest BCUT2D eigenvalue weighted by Crippen LogP contribution is -2.46. The Labute approximate surface area is 237 Å². The predicted molar refractivity (Wildman–Crippen MR) is 153 cm³/mol. The van der Waals surface area contributed by atoms with Crippen molar-refractivity contribution in [3.8, 4) is 23.3 Å². The molecule has 0 unspecified atom stereocenters. The molecule has 0 radical (unpaired) electrons. The third-order valence-corrected chi connectivity index (χ3v) is 6.60. The second kappa shape index (κ2) is 12.2. The van der Waals surface area contributed by atoms with Crippen molar-refractivity contribution in [2.45, 2.75) is 32.7 Å². The average molecular weight is 564 g/mol. The molecule has 9 nitrogen and oxygen atoms in total. The normalized spacial score (nSPS) is 12.8. The van der Waals surface area contributed by atoms with Gasteiger partial charge in [0.05, 0.1) is 38.7 Å². The summed E-state index contributed by atoms with van der Waals surface area (Å²) in [6.45, 7) is 3.22. The van der Waals surface area contributed by atoms with E-state index < -0.39 is 23.4 Å². The number of halogens is 2. The van der Waals surface area contributed by atoms with E-state index in [1.165, 1.54) is 31.5 Å². The highest BCUT2D eigenvalue weighted by atomic mass is 19.1. The van der Waals surface area contributed by atoms with Crippen LogP contribution in [0.2, 0.25) is 0 Å². The summed E-state index contributed by atoms with van der Waals surface area (Å²) in [5.74, 6) is 3.70. The summed E-state index contributed by atoms with van der Waals surface area (Å²) in [5.41, 5.74) is 2.41. The molecule has 4 aromatic rings. The van der Waals surface area contributed by atoms with Crippen LogP contribution in [0, 0.1) is 23.5 Å². The molecule has 3 aromatic heterocycles. The van der Waals surface area contributed by atoms with Gasteiger partial charge >= 0.3 is 6.03 Å². The van der Waals surface area contributed by atoms with Gasteiger partial charge in [0.1, 0.15) is 11.3 Å². The molecule has 11 heteroatoms. The van der Waals surface area contributed by atoms with E-state index in [2.05, 4.69) is 33.7 Å². The highest BCUT2D eigenvalue weighted by molar-refractivity contribution is 6.15. The third kappa shape index (κ3) is 5.38. The number of nitrogens with zero attached hydrogens (tertiary/aromatic N) is 4. The highest BCUT2D eigenvalue weighted by Gasteiger charge is 2.38. The minimum Gasteiger partial charge on any atom is -0.493 e. The van der Waals surface area contributed by atoms with Crippen molar-refractivity contribution in [2.24, 2.45) is 0 Å². The van der Waals surface area contributed by atoms with Gasteiger partial charge in [0, 0.05) is 62.2 Å². The Balaban J connectivity index is 0.00000405. The first kappa shape index (κ1) is 27.9. The Morgan fingerprint density at radius 1 is 1.05 bits per heavy atom. The van der Waals surface area contributed by atoms with Crippen LogP contribution in [0.5, 0.6) is 11.5 Å². The highest BCUT2D eigenvalue weighted by Crippen LogP contribution is 2.44. The molecule has 0 spiro atoms. The lowest BCUT2D eigenvalue weighted by atomic mass is 10.1. The first-order chi connectivity index (χ1) is 20.0. The topological polar surface area (TPSA) is 92.8 Å². The molecule has 0 fully saturated rings. The van der Waals surface area contributed by atoms with Gasteiger partial charge < -0.3 is 19.2 Å². The number of aromatic amines is 1. The zero-order valence-corrected chi connectivity index (χ0v) is 23.0. The molecule has 214 valence electrons. The number of fused-ring (bicyclic) bond motifs is 3. The fourth-order valence-corrected chi connectivity index (χ4v) is 4.72. The van der Waals surface area contributed by atoms with Gasteiger partial charge in [-0.3, -0.25) is 14.8 Å². The second-order valence-electron chi connectivity index (χ2n) is 9.25. The number of urea groups is 1. The molecule has 2 amide bonds. The van der Waals surface area contributed by atoms with E-state index in [1.807, 2.05) is 6.07 Å². The summed E-state index contributed by atoms with van der Waals surface area (Å²) >= 11 is 0. The standard InChI is InChI=1S/C30H29F2N5O4.H2/c1-4-13-41-14-7-5-6-8-20-15-22-27-19(17-34-29(22)35-20)18-36(30(38)37(27)21-9-11-33-12-10-21)28-25(31)23(39-2)16-24(40-3)26(28)32;/h9-12,15-17H,4,7-8,13-14,18H2,1-3H3,(H,34,35);1H. The van der Waals surface area contributed by atoms with Gasteiger partial charge in [-0.15, -0.1) is 5.92 Å². The van der Waals surface area contributed by atoms with E-state index in [0.29, 0.717) is 47.4 Å². The van der Waals surface area contributed by atoms with E-state index in [-0.39, 0.29) is 19.5 Å². The van der Waals surface area contributed by atoms with Crippen molar-refractivity contribution in [3.05, 3.63) is 65.7 Å². The molecule has 1 aliphatic heterocycles. The summed E-state index contributed by atoms with van der Waals surface area (Å²) in [5, 5.41) is 0.680. The fraction of sp³-hybridized carbons (Fsp3) is 0.300. The number of hydrogen-bond acceptors (Lipinski definition) is 6. The zero-order valence-electron chi connectivity index (χ0n) is 23.0. The molecule has 0 bridgehead atoms. The van der Waals surface area contributed by atoms with Crippen molar-refractivity contribution in [2.75, 3.05) is 37.2 Å². The van der Waals surface area contributed by atoms with Crippen LogP contribution < -0.4 is 19.3 Å². The van der Waals surface area contributed by atoms with E-state index >= 15 is 8.78 Å². The number of ether oxygens (including phenoxy) is 3. The summed E-state index contributed by atoms with van der Waals surface area (Å²) in [4.78, 5) is 28.4. The lowest BCUT2D eigenvalue weighted by Gasteiger charge is -2.37. The van der Waals surface area contributed by atoms with Crippen LogP contribution in [0.25, 0.3) is 11.0 Å². The van der Waals surface area contributed by atoms with Crippen LogP contribution in [0.1, 0.15) is 32.4 Å². The van der Waals surface area contributed by atoms with Gasteiger partial charge in [-0.05, 0) is 24.6 Å². The van der Waals surface area contributed by atoms with Crippen molar-refractivity contribution >= 4 is 34.1 Å². The molecule has 41 heavy (non-hydrogen) atoms. The fourth-order valence-electron chi connectivity index (χ4n) is 4.72. The van der Waals surface area contributed by atoms with Crippen molar-refractivity contribution in [3.63, 3.8) is 0 Å². The number of carbonyl (C=O) groups is 1. The van der Waals surface area contributed by atoms with Gasteiger partial charge in [0.2, 0.25) is 0 Å². The largest absolute Gasteiger partial charge is 0.493 e. The van der Waals surface area contributed by atoms with Gasteiger partial charge in [-0.1, -0.05) is 12.8 Å². The van der Waals surface area contributed by atoms with Crippen LogP contribution in [-0.4, -0.2) is 48.4 Å². The number of anilines is 3. The first-order valence-corrected chi connectivity index (χ1v) is 13.1. The number of hydrogen-bond donors (Lipinski definition) is 1. The molecule has 1 aromatic carbocycles. The molecule has 1 N–H and O–H groups in total. The summed E-state index contributed by atoms with van der Waals surface area (Å²) in [6, 6.07) is 5.63. The molecule has 1 aliphatic rings. The maximum atomic E-state index is 15.5. The Morgan fingerprint density at radius 2 is 1.78 bits per heavy atom. The Kier molecular flexibility index (Phi) is 8.31. The van der Waals surface area contributed by atoms with Gasteiger partial charge in [-0.2, -0.15) is 0 Å². The third-order valence-electron chi connectivity index (χ3n) is 6.60. The maximum absolute atomic E-state index is 15.5. The number of amides is 2. The molecular weight excluding hydrogens is 532 g/mol. The van der Waals surface area contributed by atoms with Crippen LogP contribution in [0.3, 0.4) is 0 Å². The Bertz CT molecular complexity index is 1610. The van der Waals surface area contributed by atoms with Crippen LogP contribution in [0.4, 0.5) is 30.6 Å². The number of aromatic nitrogens is 3. The van der Waals surface area contributed by atoms with Gasteiger partial charge in [0.15, 0.2) is 23.1 Å². The quantitative estimate of drug-likeness (QED) is 0.194. The van der Waals surface area contributed by atoms with Gasteiger partial charge in [-0.25, -0.2) is 18.6 Å². The van der Waals surface area contributed by atoms with E-state index in [0.717, 1.165) is 29.7 Å². The number of benzene rings is 1. The number of rotatable bonds is 9. The second-order valence-corrected chi connectivity index (χ2v) is 9.25. The van der Waals surface area contributed by atoms with Crippen molar-refractivity contribution in [1.82, 2.24) is 15.0 Å². The summed E-state index contributed by atoms with van der Waals surface area (Å²) in [6.07, 6.45) is 6.73. The molecule has 0 atom stereocenters. The number of methoxy groups -OCH3 is 2. The molecule has 4 heterocycles. The SMILES string of the molecule is CCCOCCC#CCc1cc2c3c(cnc2[nH]1)CN(c1c(F)c(OC)cc(OC)c1F)C(=O)N3c1ccncc1.[HH]. The zero-order chi connectivity index (χ0) is 28.9. The Morgan fingerprint density at radius 3 is 2.46 bits per heavy atom. The summed E-state index contributed by atoms with van der Waals surface area (Å²) < 4.78 is 46.7. The molecule has 0 saturated heterocycles. The van der Waals surface area contributed by atoms with Crippen LogP contribution in [0.15, 0.2) is 42.9 Å². The van der Waals surface area contributed by atoms with E-state index in [9.17, 15) is 4.79 Å². The minimum absolute atomic E-state index is 0. The van der Waals surface area contributed by atoms with Crippen molar-refractivity contribution < 1.29 is 29.2 Å².